The van der Waals surface area contributed by atoms with Gasteiger partial charge in [0.1, 0.15) is 18.2 Å². The molecule has 23 heavy (non-hydrogen) atoms. The Morgan fingerprint density at radius 2 is 2.00 bits per heavy atom. The van der Waals surface area contributed by atoms with Gasteiger partial charge < -0.3 is 9.72 Å². The lowest BCUT2D eigenvalue weighted by Gasteiger charge is -2.21. The van der Waals surface area contributed by atoms with Crippen LogP contribution in [-0.4, -0.2) is 9.97 Å². The molecule has 112 valence electrons. The van der Waals surface area contributed by atoms with E-state index in [1.807, 2.05) is 19.1 Å². The normalized spacial score (nSPS) is 13.0. The number of halogens is 1. The third kappa shape index (κ3) is 1.87. The van der Waals surface area contributed by atoms with Gasteiger partial charge in [0.2, 0.25) is 0 Å². The lowest BCUT2D eigenvalue weighted by atomic mass is 9.94. The van der Waals surface area contributed by atoms with Crippen LogP contribution in [0.2, 0.25) is 5.02 Å². The fraction of sp³-hybridized carbons (Fsp3) is 0.105. The van der Waals surface area contributed by atoms with Gasteiger partial charge >= 0.3 is 0 Å². The minimum absolute atomic E-state index is 0.548. The molecule has 1 N–H and O–H groups in total. The first-order valence-corrected chi connectivity index (χ1v) is 7.91. The van der Waals surface area contributed by atoms with Crippen molar-refractivity contribution in [1.29, 1.82) is 0 Å². The minimum atomic E-state index is 0.548. The highest BCUT2D eigenvalue weighted by Gasteiger charge is 2.19. The molecule has 1 aliphatic rings. The van der Waals surface area contributed by atoms with Crippen LogP contribution in [0.25, 0.3) is 32.9 Å². The number of hydrogen-bond donors (Lipinski definition) is 1. The van der Waals surface area contributed by atoms with Crippen molar-refractivity contribution in [1.82, 2.24) is 9.97 Å². The third-order valence-corrected chi connectivity index (χ3v) is 4.67. The van der Waals surface area contributed by atoms with E-state index in [-0.39, 0.29) is 0 Å². The van der Waals surface area contributed by atoms with Crippen LogP contribution in [0, 0.1) is 6.92 Å². The zero-order valence-corrected chi connectivity index (χ0v) is 13.2. The number of H-pyrrole nitrogens is 1. The minimum Gasteiger partial charge on any atom is -0.488 e. The average Bonchev–Trinajstić information content (AvgIpc) is 2.93. The summed E-state index contributed by atoms with van der Waals surface area (Å²) in [4.78, 5) is 7.86. The SMILES string of the molecule is Cc1nc2ccc3cc4c(cc3c2[nH]1)OCc1cc(Cl)ccc1-4. The Morgan fingerprint density at radius 3 is 2.91 bits per heavy atom. The van der Waals surface area contributed by atoms with Crippen molar-refractivity contribution < 1.29 is 4.74 Å². The van der Waals surface area contributed by atoms with E-state index in [1.165, 1.54) is 10.9 Å². The van der Waals surface area contributed by atoms with Crippen LogP contribution >= 0.6 is 11.6 Å². The van der Waals surface area contributed by atoms with Crippen LogP contribution in [0.4, 0.5) is 0 Å². The maximum absolute atomic E-state index is 6.10. The Balaban J connectivity index is 1.84. The number of ether oxygens (including phenoxy) is 1. The van der Waals surface area contributed by atoms with Crippen LogP contribution in [0.1, 0.15) is 11.4 Å². The summed E-state index contributed by atoms with van der Waals surface area (Å²) in [5, 5.41) is 3.05. The molecule has 0 saturated carbocycles. The first-order chi connectivity index (χ1) is 11.2. The van der Waals surface area contributed by atoms with E-state index in [1.54, 1.807) is 0 Å². The van der Waals surface area contributed by atoms with E-state index >= 15 is 0 Å². The van der Waals surface area contributed by atoms with Crippen LogP contribution in [0.5, 0.6) is 5.75 Å². The predicted octanol–water partition coefficient (Wildman–Crippen LogP) is 5.24. The standard InChI is InChI=1S/C19H13ClN2O/c1-10-21-17-5-2-11-7-16-14-4-3-13(20)6-12(14)9-23-18(16)8-15(11)19(17)22-10/h2-8H,9H2,1H3,(H,21,22). The molecule has 0 unspecified atom stereocenters. The van der Waals surface area contributed by atoms with Gasteiger partial charge in [-0.1, -0.05) is 23.7 Å². The van der Waals surface area contributed by atoms with Crippen molar-refractivity contribution in [2.45, 2.75) is 13.5 Å². The van der Waals surface area contributed by atoms with Crippen LogP contribution in [-0.2, 0) is 6.61 Å². The molecule has 0 aliphatic carbocycles. The topological polar surface area (TPSA) is 37.9 Å². The summed E-state index contributed by atoms with van der Waals surface area (Å²) in [6.45, 7) is 2.52. The fourth-order valence-electron chi connectivity index (χ4n) is 3.38. The summed E-state index contributed by atoms with van der Waals surface area (Å²) in [7, 11) is 0. The third-order valence-electron chi connectivity index (χ3n) is 4.43. The van der Waals surface area contributed by atoms with Crippen molar-refractivity contribution in [2.75, 3.05) is 0 Å². The van der Waals surface area contributed by atoms with Gasteiger partial charge in [-0.15, -0.1) is 0 Å². The summed E-state index contributed by atoms with van der Waals surface area (Å²) in [6, 6.07) is 14.5. The summed E-state index contributed by atoms with van der Waals surface area (Å²) in [6.07, 6.45) is 0. The quantitative estimate of drug-likeness (QED) is 0.481. The lowest BCUT2D eigenvalue weighted by molar-refractivity contribution is 0.303. The van der Waals surface area contributed by atoms with Gasteiger partial charge in [0.05, 0.1) is 11.0 Å². The highest BCUT2D eigenvalue weighted by Crippen LogP contribution is 2.41. The van der Waals surface area contributed by atoms with Crippen molar-refractivity contribution >= 4 is 33.4 Å². The van der Waals surface area contributed by atoms with E-state index in [0.29, 0.717) is 6.61 Å². The van der Waals surface area contributed by atoms with E-state index in [0.717, 1.165) is 44.1 Å². The monoisotopic (exact) mass is 320 g/mol. The highest BCUT2D eigenvalue weighted by molar-refractivity contribution is 6.30. The Hall–Kier alpha value is -2.52. The van der Waals surface area contributed by atoms with E-state index in [2.05, 4.69) is 40.3 Å². The summed E-state index contributed by atoms with van der Waals surface area (Å²) in [5.74, 6) is 1.83. The number of aromatic amines is 1. The number of benzene rings is 3. The summed E-state index contributed by atoms with van der Waals surface area (Å²) in [5.41, 5.74) is 5.48. The molecule has 0 amide bonds. The van der Waals surface area contributed by atoms with Gasteiger partial charge in [0.25, 0.3) is 0 Å². The molecule has 0 radical (unpaired) electrons. The molecular formula is C19H13ClN2O. The van der Waals surface area contributed by atoms with Gasteiger partial charge in [-0.25, -0.2) is 4.98 Å². The highest BCUT2D eigenvalue weighted by atomic mass is 35.5. The average molecular weight is 321 g/mol. The number of aromatic nitrogens is 2. The van der Waals surface area contributed by atoms with Crippen molar-refractivity contribution in [2.24, 2.45) is 0 Å². The van der Waals surface area contributed by atoms with Crippen molar-refractivity contribution in [3.8, 4) is 16.9 Å². The van der Waals surface area contributed by atoms with Gasteiger partial charge in [0.15, 0.2) is 0 Å². The van der Waals surface area contributed by atoms with Crippen LogP contribution in [0.15, 0.2) is 42.5 Å². The Kier molecular flexibility index (Phi) is 2.53. The van der Waals surface area contributed by atoms with E-state index < -0.39 is 0 Å². The fourth-order valence-corrected chi connectivity index (χ4v) is 3.58. The van der Waals surface area contributed by atoms with Gasteiger partial charge in [0, 0.05) is 16.0 Å². The zero-order chi connectivity index (χ0) is 15.6. The Morgan fingerprint density at radius 1 is 1.09 bits per heavy atom. The lowest BCUT2D eigenvalue weighted by Crippen LogP contribution is -2.05. The second-order valence-electron chi connectivity index (χ2n) is 5.94. The number of nitrogens with one attached hydrogen (secondary N) is 1. The summed E-state index contributed by atoms with van der Waals surface area (Å²) < 4.78 is 5.98. The first-order valence-electron chi connectivity index (χ1n) is 7.54. The molecule has 0 bridgehead atoms. The molecule has 1 aromatic heterocycles. The molecule has 0 spiro atoms. The van der Waals surface area contributed by atoms with Crippen LogP contribution < -0.4 is 4.74 Å². The molecule has 3 aromatic carbocycles. The maximum Gasteiger partial charge on any atom is 0.128 e. The van der Waals surface area contributed by atoms with Gasteiger partial charge in [-0.2, -0.15) is 0 Å². The molecule has 1 aliphatic heterocycles. The second kappa shape index (κ2) is 4.49. The van der Waals surface area contributed by atoms with E-state index in [4.69, 9.17) is 16.3 Å². The number of nitrogens with zero attached hydrogens (tertiary/aromatic N) is 1. The van der Waals surface area contributed by atoms with Crippen molar-refractivity contribution in [3.63, 3.8) is 0 Å². The van der Waals surface area contributed by atoms with Crippen molar-refractivity contribution in [3.05, 3.63) is 58.9 Å². The molecular weight excluding hydrogens is 308 g/mol. The molecule has 0 saturated heterocycles. The molecule has 0 atom stereocenters. The van der Waals surface area contributed by atoms with Gasteiger partial charge in [-0.3, -0.25) is 0 Å². The Labute approximate surface area is 137 Å². The largest absolute Gasteiger partial charge is 0.488 e. The predicted molar refractivity (Wildman–Crippen MR) is 93.1 cm³/mol. The molecule has 5 rings (SSSR count). The van der Waals surface area contributed by atoms with Crippen LogP contribution in [0.3, 0.4) is 0 Å². The molecule has 4 heteroatoms. The van der Waals surface area contributed by atoms with E-state index in [9.17, 15) is 0 Å². The smallest absolute Gasteiger partial charge is 0.128 e. The molecule has 3 nitrogen and oxygen atoms in total. The summed E-state index contributed by atoms with van der Waals surface area (Å²) >= 11 is 6.10. The number of hydrogen-bond acceptors (Lipinski definition) is 2. The molecule has 0 fully saturated rings. The first kappa shape index (κ1) is 13.0. The number of rotatable bonds is 0. The molecule has 4 aromatic rings. The number of aryl methyl sites for hydroxylation is 1. The Bertz CT molecular complexity index is 1100. The number of imidazole rings is 1. The number of fused-ring (bicyclic) bond motifs is 6. The maximum atomic E-state index is 6.10. The second-order valence-corrected chi connectivity index (χ2v) is 6.38. The zero-order valence-electron chi connectivity index (χ0n) is 12.5. The van der Waals surface area contributed by atoms with Gasteiger partial charge in [-0.05, 0) is 53.8 Å². The molecule has 2 heterocycles.